The molecule has 0 amide bonds. The topological polar surface area (TPSA) is 13.1 Å². The molecule has 0 aliphatic rings. The van der Waals surface area contributed by atoms with Gasteiger partial charge in [0, 0.05) is 10.8 Å². The van der Waals surface area contributed by atoms with Gasteiger partial charge < -0.3 is 4.42 Å². The highest BCUT2D eigenvalue weighted by atomic mass is 28.2. The number of para-hydroxylation sites is 1. The maximum atomic E-state index is 5.75. The van der Waals surface area contributed by atoms with E-state index in [4.69, 9.17) is 4.42 Å². The van der Waals surface area contributed by atoms with Gasteiger partial charge in [-0.3, -0.25) is 0 Å². The van der Waals surface area contributed by atoms with E-state index >= 15 is 0 Å². The molecule has 0 saturated carbocycles. The molecule has 2 aromatic carbocycles. The van der Waals surface area contributed by atoms with Crippen molar-refractivity contribution in [3.63, 3.8) is 0 Å². The lowest BCUT2D eigenvalue weighted by Crippen LogP contribution is -2.08. The van der Waals surface area contributed by atoms with E-state index in [1.54, 1.807) is 0 Å². The molecule has 0 saturated heterocycles. The van der Waals surface area contributed by atoms with Crippen LogP contribution in [0.5, 0.6) is 0 Å². The number of benzene rings is 2. The zero-order chi connectivity index (χ0) is 10.3. The first kappa shape index (κ1) is 8.74. The second kappa shape index (κ2) is 3.24. The zero-order valence-corrected chi connectivity index (χ0v) is 9.45. The molecule has 0 atom stereocenters. The highest BCUT2D eigenvalue weighted by molar-refractivity contribution is 6.52. The summed E-state index contributed by atoms with van der Waals surface area (Å²) in [6.45, 7) is 2.20. The first-order chi connectivity index (χ1) is 7.38. The van der Waals surface area contributed by atoms with Crippen molar-refractivity contribution in [2.24, 2.45) is 0 Å². The van der Waals surface area contributed by atoms with E-state index in [1.807, 2.05) is 12.1 Å². The predicted molar refractivity (Wildman–Crippen MR) is 65.0 cm³/mol. The van der Waals surface area contributed by atoms with Crippen LogP contribution in [0.25, 0.3) is 21.9 Å². The molecule has 0 N–H and O–H groups in total. The summed E-state index contributed by atoms with van der Waals surface area (Å²) in [5.74, 6) is 0. The molecule has 0 unspecified atom stereocenters. The van der Waals surface area contributed by atoms with E-state index in [2.05, 4.69) is 36.9 Å². The Labute approximate surface area is 90.5 Å². The fourth-order valence-electron chi connectivity index (χ4n) is 1.88. The van der Waals surface area contributed by atoms with Crippen molar-refractivity contribution in [2.45, 2.75) is 6.55 Å². The molecule has 2 radical (unpaired) electrons. The second-order valence-corrected chi connectivity index (χ2v) is 4.64. The van der Waals surface area contributed by atoms with E-state index in [9.17, 15) is 0 Å². The van der Waals surface area contributed by atoms with Gasteiger partial charge in [-0.15, -0.1) is 0 Å². The van der Waals surface area contributed by atoms with Crippen LogP contribution in [-0.4, -0.2) is 9.52 Å². The number of hydrogen-bond donors (Lipinski definition) is 0. The number of hydrogen-bond acceptors (Lipinski definition) is 1. The summed E-state index contributed by atoms with van der Waals surface area (Å²) >= 11 is 0. The minimum absolute atomic E-state index is 0.835. The maximum absolute atomic E-state index is 5.75. The molecular weight excluding hydrogens is 200 g/mol. The van der Waals surface area contributed by atoms with Crippen LogP contribution in [0.15, 0.2) is 46.9 Å². The molecule has 0 fully saturated rings. The normalized spacial score (nSPS) is 11.3. The van der Waals surface area contributed by atoms with Crippen LogP contribution in [0.1, 0.15) is 0 Å². The minimum Gasteiger partial charge on any atom is -0.456 e. The van der Waals surface area contributed by atoms with Crippen LogP contribution >= 0.6 is 0 Å². The van der Waals surface area contributed by atoms with Gasteiger partial charge in [0.05, 0.1) is 9.52 Å². The summed E-state index contributed by atoms with van der Waals surface area (Å²) in [5, 5.41) is 3.83. The summed E-state index contributed by atoms with van der Waals surface area (Å²) in [6, 6.07) is 14.6. The van der Waals surface area contributed by atoms with Crippen LogP contribution in [0.4, 0.5) is 0 Å². The summed E-state index contributed by atoms with van der Waals surface area (Å²) in [5.41, 5.74) is 1.96. The van der Waals surface area contributed by atoms with E-state index < -0.39 is 0 Å². The van der Waals surface area contributed by atoms with Gasteiger partial charge in [0.2, 0.25) is 0 Å². The van der Waals surface area contributed by atoms with Crippen LogP contribution in [0.2, 0.25) is 6.55 Å². The second-order valence-electron chi connectivity index (χ2n) is 3.56. The van der Waals surface area contributed by atoms with Gasteiger partial charge in [0.25, 0.3) is 0 Å². The third-order valence-corrected chi connectivity index (χ3v) is 3.55. The Morgan fingerprint density at radius 2 is 1.73 bits per heavy atom. The van der Waals surface area contributed by atoms with E-state index in [0.717, 1.165) is 20.7 Å². The van der Waals surface area contributed by atoms with Crippen LogP contribution in [-0.2, 0) is 0 Å². The lowest BCUT2D eigenvalue weighted by atomic mass is 10.1. The van der Waals surface area contributed by atoms with E-state index in [-0.39, 0.29) is 0 Å². The van der Waals surface area contributed by atoms with Crippen molar-refractivity contribution >= 4 is 36.6 Å². The number of rotatable bonds is 1. The Balaban J connectivity index is 2.46. The summed E-state index contributed by atoms with van der Waals surface area (Å²) < 4.78 is 5.75. The average Bonchev–Trinajstić information content (AvgIpc) is 2.66. The molecule has 3 aromatic rings. The van der Waals surface area contributed by atoms with E-state index in [1.165, 1.54) is 16.0 Å². The standard InChI is InChI=1S/C13H10OSi/c1-15-9-6-7-13-11(8-9)10-4-2-3-5-12(10)14-13/h2-8H,1H3. The zero-order valence-electron chi connectivity index (χ0n) is 8.45. The maximum Gasteiger partial charge on any atom is 0.135 e. The fourth-order valence-corrected chi connectivity index (χ4v) is 2.42. The SMILES string of the molecule is C[Si]c1ccc2oc3ccccc3c2c1. The van der Waals surface area contributed by atoms with Gasteiger partial charge in [-0.1, -0.05) is 42.1 Å². The van der Waals surface area contributed by atoms with Crippen molar-refractivity contribution in [2.75, 3.05) is 0 Å². The van der Waals surface area contributed by atoms with Crippen molar-refractivity contribution in [3.8, 4) is 0 Å². The van der Waals surface area contributed by atoms with Crippen molar-refractivity contribution in [1.82, 2.24) is 0 Å². The van der Waals surface area contributed by atoms with Crippen molar-refractivity contribution < 1.29 is 4.42 Å². The largest absolute Gasteiger partial charge is 0.456 e. The molecule has 3 rings (SSSR count). The van der Waals surface area contributed by atoms with Crippen molar-refractivity contribution in [3.05, 3.63) is 42.5 Å². The number of fused-ring (bicyclic) bond motifs is 3. The first-order valence-electron chi connectivity index (χ1n) is 4.97. The smallest absolute Gasteiger partial charge is 0.135 e. The fraction of sp³-hybridized carbons (Fsp3) is 0.0769. The van der Waals surface area contributed by atoms with Gasteiger partial charge in [-0.2, -0.15) is 0 Å². The highest BCUT2D eigenvalue weighted by Crippen LogP contribution is 2.27. The predicted octanol–water partition coefficient (Wildman–Crippen LogP) is 2.96. The molecule has 0 aliphatic heterocycles. The Morgan fingerprint density at radius 1 is 0.933 bits per heavy atom. The molecule has 1 aromatic heterocycles. The molecule has 1 heterocycles. The van der Waals surface area contributed by atoms with Gasteiger partial charge in [0.1, 0.15) is 11.2 Å². The first-order valence-corrected chi connectivity index (χ1v) is 6.47. The lowest BCUT2D eigenvalue weighted by Gasteiger charge is -1.94. The monoisotopic (exact) mass is 210 g/mol. The third-order valence-electron chi connectivity index (χ3n) is 2.67. The van der Waals surface area contributed by atoms with Gasteiger partial charge >= 0.3 is 0 Å². The van der Waals surface area contributed by atoms with E-state index in [0.29, 0.717) is 0 Å². The molecule has 0 spiro atoms. The average molecular weight is 210 g/mol. The molecule has 72 valence electrons. The third kappa shape index (κ3) is 1.29. The van der Waals surface area contributed by atoms with Gasteiger partial charge in [-0.05, 0) is 12.1 Å². The summed E-state index contributed by atoms with van der Waals surface area (Å²) in [6.07, 6.45) is 0. The highest BCUT2D eigenvalue weighted by Gasteiger charge is 2.05. The minimum atomic E-state index is 0.835. The molecule has 15 heavy (non-hydrogen) atoms. The Bertz CT molecular complexity index is 625. The lowest BCUT2D eigenvalue weighted by molar-refractivity contribution is 0.669. The molecule has 0 aliphatic carbocycles. The van der Waals surface area contributed by atoms with Gasteiger partial charge in [0.15, 0.2) is 0 Å². The Morgan fingerprint density at radius 3 is 2.60 bits per heavy atom. The van der Waals surface area contributed by atoms with Crippen LogP contribution in [0, 0.1) is 0 Å². The quantitative estimate of drug-likeness (QED) is 0.563. The van der Waals surface area contributed by atoms with Gasteiger partial charge in [-0.25, -0.2) is 0 Å². The van der Waals surface area contributed by atoms with Crippen LogP contribution in [0.3, 0.4) is 0 Å². The molecular formula is C13H10OSi. The Hall–Kier alpha value is -1.54. The summed E-state index contributed by atoms with van der Waals surface area (Å²) in [7, 11) is 0.835. The molecule has 0 bridgehead atoms. The van der Waals surface area contributed by atoms with Crippen LogP contribution < -0.4 is 5.19 Å². The summed E-state index contributed by atoms with van der Waals surface area (Å²) in [4.78, 5) is 0. The Kier molecular flexibility index (Phi) is 1.89. The molecule has 1 nitrogen and oxygen atoms in total. The van der Waals surface area contributed by atoms with Crippen molar-refractivity contribution in [1.29, 1.82) is 0 Å². The molecule has 2 heteroatoms. The number of furan rings is 1.